The summed E-state index contributed by atoms with van der Waals surface area (Å²) < 4.78 is 27.5. The van der Waals surface area contributed by atoms with Gasteiger partial charge in [0.05, 0.1) is 0 Å². The molecule has 0 aromatic heterocycles. The van der Waals surface area contributed by atoms with Crippen LogP contribution in [0, 0.1) is 41.2 Å². The molecule has 162 valence electrons. The van der Waals surface area contributed by atoms with Crippen molar-refractivity contribution in [2.75, 3.05) is 0 Å². The molecule has 3 aliphatic rings. The number of fused-ring (bicyclic) bond motifs is 2. The maximum Gasteiger partial charge on any atom is 0.166 e. The second-order valence-electron chi connectivity index (χ2n) is 10.6. The summed E-state index contributed by atoms with van der Waals surface area (Å²) in [6.45, 7) is 2.37. The van der Waals surface area contributed by atoms with Gasteiger partial charge in [-0.3, -0.25) is 0 Å². The van der Waals surface area contributed by atoms with E-state index in [1.54, 1.807) is 12.1 Å². The molecule has 0 spiro atoms. The summed E-state index contributed by atoms with van der Waals surface area (Å²) in [5.74, 6) is 4.02. The molecular weight excluding hydrogens is 374 g/mol. The summed E-state index contributed by atoms with van der Waals surface area (Å²) in [4.78, 5) is 0. The Balaban J connectivity index is 1.20. The second kappa shape index (κ2) is 8.60. The van der Waals surface area contributed by atoms with Crippen LogP contribution in [0.1, 0.15) is 89.0 Å². The Bertz CT molecular complexity index is 880. The number of halogens is 2. The van der Waals surface area contributed by atoms with Gasteiger partial charge < -0.3 is 0 Å². The Morgan fingerprint density at radius 3 is 2.17 bits per heavy atom. The number of hydrogen-bond donors (Lipinski definition) is 0. The van der Waals surface area contributed by atoms with Crippen molar-refractivity contribution < 1.29 is 8.78 Å². The number of benzene rings is 2. The van der Waals surface area contributed by atoms with Crippen LogP contribution < -0.4 is 0 Å². The van der Waals surface area contributed by atoms with E-state index < -0.39 is 11.6 Å². The molecule has 3 saturated carbocycles. The van der Waals surface area contributed by atoms with Gasteiger partial charge in [-0.2, -0.15) is 0 Å². The van der Waals surface area contributed by atoms with E-state index in [0.29, 0.717) is 11.3 Å². The Labute approximate surface area is 180 Å². The molecule has 0 N–H and O–H groups in total. The fourth-order valence-electron chi connectivity index (χ4n) is 7.28. The minimum absolute atomic E-state index is 0.405. The molecule has 0 bridgehead atoms. The van der Waals surface area contributed by atoms with Gasteiger partial charge in [0.1, 0.15) is 0 Å². The average molecular weight is 411 g/mol. The minimum Gasteiger partial charge on any atom is -0.204 e. The van der Waals surface area contributed by atoms with Gasteiger partial charge in [-0.05, 0) is 110 Å². The maximum absolute atomic E-state index is 14.0. The largest absolute Gasteiger partial charge is 0.204 e. The predicted octanol–water partition coefficient (Wildman–Crippen LogP) is 8.63. The lowest BCUT2D eigenvalue weighted by Gasteiger charge is -2.45. The quantitative estimate of drug-likeness (QED) is 0.475. The molecule has 4 unspecified atom stereocenters. The van der Waals surface area contributed by atoms with Gasteiger partial charge in [0.25, 0.3) is 0 Å². The number of rotatable bonds is 3. The molecule has 3 fully saturated rings. The fourth-order valence-corrected chi connectivity index (χ4v) is 7.28. The Hall–Kier alpha value is -1.44. The van der Waals surface area contributed by atoms with Crippen LogP contribution in [0.3, 0.4) is 0 Å². The van der Waals surface area contributed by atoms with Gasteiger partial charge in [0.2, 0.25) is 0 Å². The van der Waals surface area contributed by atoms with Crippen molar-refractivity contribution >= 4 is 10.8 Å². The lowest BCUT2D eigenvalue weighted by Crippen LogP contribution is -2.34. The molecule has 2 aromatic rings. The smallest absolute Gasteiger partial charge is 0.166 e. The highest BCUT2D eigenvalue weighted by molar-refractivity contribution is 5.84. The molecule has 0 heterocycles. The molecule has 0 amide bonds. The van der Waals surface area contributed by atoms with Crippen molar-refractivity contribution in [3.63, 3.8) is 0 Å². The molecule has 30 heavy (non-hydrogen) atoms. The monoisotopic (exact) mass is 410 g/mol. The Morgan fingerprint density at radius 2 is 1.40 bits per heavy atom. The maximum atomic E-state index is 14.0. The van der Waals surface area contributed by atoms with Crippen LogP contribution in [-0.4, -0.2) is 0 Å². The molecule has 0 aliphatic heterocycles. The third-order valence-electron chi connectivity index (χ3n) is 9.18. The molecule has 4 atom stereocenters. The molecule has 0 nitrogen and oxygen atoms in total. The minimum atomic E-state index is -0.756. The summed E-state index contributed by atoms with van der Waals surface area (Å²) in [6.07, 6.45) is 15.5. The lowest BCUT2D eigenvalue weighted by atomic mass is 9.60. The van der Waals surface area contributed by atoms with Gasteiger partial charge in [0.15, 0.2) is 11.6 Å². The van der Waals surface area contributed by atoms with Gasteiger partial charge in [-0.1, -0.05) is 44.0 Å². The third-order valence-corrected chi connectivity index (χ3v) is 9.18. The lowest BCUT2D eigenvalue weighted by molar-refractivity contribution is 0.0629. The van der Waals surface area contributed by atoms with Crippen LogP contribution in [0.5, 0.6) is 0 Å². The van der Waals surface area contributed by atoms with E-state index >= 15 is 0 Å². The van der Waals surface area contributed by atoms with Gasteiger partial charge in [-0.25, -0.2) is 8.78 Å². The van der Waals surface area contributed by atoms with E-state index in [-0.39, 0.29) is 0 Å². The van der Waals surface area contributed by atoms with Crippen LogP contribution in [0.15, 0.2) is 30.3 Å². The zero-order valence-corrected chi connectivity index (χ0v) is 18.4. The molecule has 3 aliphatic carbocycles. The highest BCUT2D eigenvalue weighted by Gasteiger charge is 2.38. The van der Waals surface area contributed by atoms with Gasteiger partial charge >= 0.3 is 0 Å². The molecule has 0 saturated heterocycles. The van der Waals surface area contributed by atoms with Crippen molar-refractivity contribution in [2.45, 2.75) is 83.5 Å². The topological polar surface area (TPSA) is 0 Å². The van der Waals surface area contributed by atoms with E-state index in [4.69, 9.17) is 0 Å². The summed E-state index contributed by atoms with van der Waals surface area (Å²) in [7, 11) is 0. The second-order valence-corrected chi connectivity index (χ2v) is 10.6. The van der Waals surface area contributed by atoms with Crippen LogP contribution in [0.2, 0.25) is 0 Å². The predicted molar refractivity (Wildman–Crippen MR) is 121 cm³/mol. The van der Waals surface area contributed by atoms with Gasteiger partial charge in [-0.15, -0.1) is 0 Å². The molecule has 0 radical (unpaired) electrons. The summed E-state index contributed by atoms with van der Waals surface area (Å²) in [6, 6.07) is 8.88. The fraction of sp³-hybridized carbons (Fsp3) is 0.643. The van der Waals surface area contributed by atoms with Crippen molar-refractivity contribution in [1.82, 2.24) is 0 Å². The summed E-state index contributed by atoms with van der Waals surface area (Å²) in [5, 5.41) is 1.23. The first-order chi connectivity index (χ1) is 14.6. The zero-order valence-electron chi connectivity index (χ0n) is 18.4. The van der Waals surface area contributed by atoms with Crippen LogP contribution in [0.25, 0.3) is 10.8 Å². The molecule has 5 rings (SSSR count). The normalized spacial score (nSPS) is 34.6. The zero-order chi connectivity index (χ0) is 20.7. The first-order valence-corrected chi connectivity index (χ1v) is 12.5. The molecular formula is C28H36F2. The summed E-state index contributed by atoms with van der Waals surface area (Å²) >= 11 is 0. The Kier molecular flexibility index (Phi) is 5.86. The van der Waals surface area contributed by atoms with E-state index in [1.807, 2.05) is 6.07 Å². The first-order valence-electron chi connectivity index (χ1n) is 12.5. The van der Waals surface area contributed by atoms with Crippen molar-refractivity contribution in [3.8, 4) is 0 Å². The molecule has 2 aromatic carbocycles. The average Bonchev–Trinajstić information content (AvgIpc) is 2.80. The summed E-state index contributed by atoms with van der Waals surface area (Å²) in [5.41, 5.74) is 1.31. The number of hydrogen-bond acceptors (Lipinski definition) is 0. The Morgan fingerprint density at radius 1 is 0.733 bits per heavy atom. The van der Waals surface area contributed by atoms with E-state index in [2.05, 4.69) is 13.0 Å². The van der Waals surface area contributed by atoms with E-state index in [9.17, 15) is 8.78 Å². The highest BCUT2D eigenvalue weighted by Crippen LogP contribution is 2.50. The van der Waals surface area contributed by atoms with Crippen molar-refractivity contribution in [3.05, 3.63) is 47.5 Å². The standard InChI is InChI=1S/C28H36F2/c1-2-18-3-4-24-16-22(10-9-21(24)15-18)19-5-7-20(8-6-19)23-11-13-26-25(17-23)12-14-27(29)28(26)30/h11-14,17-22,24H,2-10,15-16H2,1H3. The highest BCUT2D eigenvalue weighted by atomic mass is 19.2. The first kappa shape index (κ1) is 20.5. The van der Waals surface area contributed by atoms with Crippen LogP contribution in [-0.2, 0) is 0 Å². The van der Waals surface area contributed by atoms with Crippen LogP contribution in [0.4, 0.5) is 8.78 Å². The third kappa shape index (κ3) is 3.92. The van der Waals surface area contributed by atoms with Crippen LogP contribution >= 0.6 is 0 Å². The van der Waals surface area contributed by atoms with Gasteiger partial charge in [0, 0.05) is 5.39 Å². The SMILES string of the molecule is CCC1CCC2CC(C3CCC(c4ccc5c(F)c(F)ccc5c4)CC3)CCC2C1. The van der Waals surface area contributed by atoms with E-state index in [1.165, 1.54) is 82.3 Å². The van der Waals surface area contributed by atoms with E-state index in [0.717, 1.165) is 35.0 Å². The van der Waals surface area contributed by atoms with Crippen molar-refractivity contribution in [2.24, 2.45) is 29.6 Å². The molecule has 2 heteroatoms. The van der Waals surface area contributed by atoms with Crippen molar-refractivity contribution in [1.29, 1.82) is 0 Å².